The monoisotopic (exact) mass is 432 g/mol. The summed E-state index contributed by atoms with van der Waals surface area (Å²) in [5.74, 6) is 0.521. The number of sulfonamides is 1. The Morgan fingerprint density at radius 3 is 2.37 bits per heavy atom. The average Bonchev–Trinajstić information content (AvgIpc) is 2.67. The second-order valence-corrected chi connectivity index (χ2v) is 9.43. The molecule has 0 saturated heterocycles. The van der Waals surface area contributed by atoms with E-state index in [9.17, 15) is 13.2 Å². The number of methoxy groups -OCH3 is 1. The second-order valence-electron chi connectivity index (χ2n) is 7.57. The Balaban J connectivity index is 2.08. The smallest absolute Gasteiger partial charge is 0.243 e. The van der Waals surface area contributed by atoms with Crippen molar-refractivity contribution in [3.63, 3.8) is 0 Å². The SMILES string of the molecule is CCC(C(=O)NCCCc1cccc(OC)c1)N(c1cc(C)cc(C)c1)S(C)(=O)=O. The molecule has 0 aliphatic rings. The van der Waals surface area contributed by atoms with E-state index in [4.69, 9.17) is 4.74 Å². The Hall–Kier alpha value is -2.54. The van der Waals surface area contributed by atoms with Crippen LogP contribution in [0.25, 0.3) is 0 Å². The van der Waals surface area contributed by atoms with Crippen molar-refractivity contribution in [1.82, 2.24) is 5.32 Å². The predicted octanol–water partition coefficient (Wildman–Crippen LogP) is 3.61. The van der Waals surface area contributed by atoms with Crippen molar-refractivity contribution in [2.45, 2.75) is 46.1 Å². The van der Waals surface area contributed by atoms with Crippen molar-refractivity contribution < 1.29 is 17.9 Å². The molecule has 2 rings (SSSR count). The van der Waals surface area contributed by atoms with Gasteiger partial charge in [0.2, 0.25) is 15.9 Å². The molecule has 0 heterocycles. The third kappa shape index (κ3) is 6.49. The van der Waals surface area contributed by atoms with E-state index >= 15 is 0 Å². The van der Waals surface area contributed by atoms with Crippen molar-refractivity contribution >= 4 is 21.6 Å². The van der Waals surface area contributed by atoms with Crippen LogP contribution < -0.4 is 14.4 Å². The van der Waals surface area contributed by atoms with Gasteiger partial charge in [-0.05, 0) is 74.1 Å². The van der Waals surface area contributed by atoms with Gasteiger partial charge in [0.1, 0.15) is 11.8 Å². The molecular weight excluding hydrogens is 400 g/mol. The Kier molecular flexibility index (Phi) is 8.29. The maximum Gasteiger partial charge on any atom is 0.243 e. The first-order chi connectivity index (χ1) is 14.2. The molecule has 0 spiro atoms. The fourth-order valence-corrected chi connectivity index (χ4v) is 4.78. The highest BCUT2D eigenvalue weighted by atomic mass is 32.2. The van der Waals surface area contributed by atoms with Crippen LogP contribution in [0.1, 0.15) is 36.5 Å². The lowest BCUT2D eigenvalue weighted by Gasteiger charge is -2.30. The van der Waals surface area contributed by atoms with Crippen LogP contribution >= 0.6 is 0 Å². The van der Waals surface area contributed by atoms with Crippen molar-refractivity contribution in [1.29, 1.82) is 0 Å². The van der Waals surface area contributed by atoms with E-state index in [2.05, 4.69) is 5.32 Å². The van der Waals surface area contributed by atoms with E-state index < -0.39 is 16.1 Å². The van der Waals surface area contributed by atoms with Crippen LogP contribution in [-0.4, -0.2) is 40.3 Å². The molecule has 0 fully saturated rings. The molecule has 0 bridgehead atoms. The lowest BCUT2D eigenvalue weighted by atomic mass is 10.1. The Labute approximate surface area is 180 Å². The zero-order valence-corrected chi connectivity index (χ0v) is 19.3. The fraction of sp³-hybridized carbons (Fsp3) is 0.435. The Morgan fingerprint density at radius 2 is 1.80 bits per heavy atom. The van der Waals surface area contributed by atoms with Crippen LogP contribution in [0.5, 0.6) is 5.75 Å². The van der Waals surface area contributed by atoms with Gasteiger partial charge < -0.3 is 10.1 Å². The highest BCUT2D eigenvalue weighted by Gasteiger charge is 2.31. The normalized spacial score (nSPS) is 12.3. The van der Waals surface area contributed by atoms with Crippen LogP contribution in [0.15, 0.2) is 42.5 Å². The molecule has 1 unspecified atom stereocenters. The van der Waals surface area contributed by atoms with Gasteiger partial charge >= 0.3 is 0 Å². The fourth-order valence-electron chi connectivity index (χ4n) is 3.59. The molecule has 1 amide bonds. The van der Waals surface area contributed by atoms with Crippen molar-refractivity contribution in [2.75, 3.05) is 24.2 Å². The number of benzene rings is 2. The number of carbonyl (C=O) groups is 1. The molecular formula is C23H32N2O4S. The molecule has 30 heavy (non-hydrogen) atoms. The summed E-state index contributed by atoms with van der Waals surface area (Å²) >= 11 is 0. The number of rotatable bonds is 10. The maximum atomic E-state index is 12.9. The lowest BCUT2D eigenvalue weighted by Crippen LogP contribution is -2.49. The molecule has 0 aliphatic heterocycles. The first-order valence-corrected chi connectivity index (χ1v) is 12.0. The average molecular weight is 433 g/mol. The maximum absolute atomic E-state index is 12.9. The van der Waals surface area contributed by atoms with Gasteiger partial charge in [0.05, 0.1) is 19.1 Å². The van der Waals surface area contributed by atoms with E-state index in [-0.39, 0.29) is 5.91 Å². The first-order valence-electron chi connectivity index (χ1n) is 10.1. The number of anilines is 1. The summed E-state index contributed by atoms with van der Waals surface area (Å²) in [5, 5.41) is 2.91. The molecule has 1 N–H and O–H groups in total. The van der Waals surface area contributed by atoms with Crippen LogP contribution in [0, 0.1) is 13.8 Å². The van der Waals surface area contributed by atoms with Gasteiger partial charge in [-0.15, -0.1) is 0 Å². The Morgan fingerprint density at radius 1 is 1.13 bits per heavy atom. The van der Waals surface area contributed by atoms with E-state index in [1.165, 1.54) is 4.31 Å². The minimum atomic E-state index is -3.63. The minimum Gasteiger partial charge on any atom is -0.497 e. The number of hydrogen-bond donors (Lipinski definition) is 1. The zero-order chi connectivity index (χ0) is 22.3. The van der Waals surface area contributed by atoms with E-state index in [0.29, 0.717) is 18.7 Å². The summed E-state index contributed by atoms with van der Waals surface area (Å²) in [6.45, 7) is 6.12. The highest BCUT2D eigenvalue weighted by Crippen LogP contribution is 2.25. The van der Waals surface area contributed by atoms with Gasteiger partial charge in [-0.3, -0.25) is 9.10 Å². The third-order valence-corrected chi connectivity index (χ3v) is 6.05. The summed E-state index contributed by atoms with van der Waals surface area (Å²) < 4.78 is 31.6. The number of nitrogens with one attached hydrogen (secondary N) is 1. The second kappa shape index (κ2) is 10.5. The summed E-state index contributed by atoms with van der Waals surface area (Å²) in [6.07, 6.45) is 3.06. The molecule has 0 aliphatic carbocycles. The number of carbonyl (C=O) groups excluding carboxylic acids is 1. The number of nitrogens with zero attached hydrogens (tertiary/aromatic N) is 1. The number of hydrogen-bond acceptors (Lipinski definition) is 4. The van der Waals surface area contributed by atoms with E-state index in [0.717, 1.165) is 41.5 Å². The first kappa shape index (κ1) is 23.7. The topological polar surface area (TPSA) is 75.7 Å². The Bertz CT molecular complexity index is 953. The van der Waals surface area contributed by atoms with Crippen molar-refractivity contribution in [3.05, 3.63) is 59.2 Å². The molecule has 7 heteroatoms. The minimum absolute atomic E-state index is 0.285. The summed E-state index contributed by atoms with van der Waals surface area (Å²) in [7, 11) is -2.00. The molecule has 0 saturated carbocycles. The van der Waals surface area contributed by atoms with Crippen molar-refractivity contribution in [2.24, 2.45) is 0 Å². The van der Waals surface area contributed by atoms with Crippen LogP contribution in [0.4, 0.5) is 5.69 Å². The summed E-state index contributed by atoms with van der Waals surface area (Å²) in [5.41, 5.74) is 3.55. The third-order valence-electron chi connectivity index (χ3n) is 4.87. The van der Waals surface area contributed by atoms with Crippen LogP contribution in [-0.2, 0) is 21.2 Å². The van der Waals surface area contributed by atoms with Gasteiger partial charge in [0.15, 0.2) is 0 Å². The molecule has 0 radical (unpaired) electrons. The van der Waals surface area contributed by atoms with Gasteiger partial charge in [-0.2, -0.15) is 0 Å². The molecule has 0 aromatic heterocycles. The van der Waals surface area contributed by atoms with Crippen LogP contribution in [0.3, 0.4) is 0 Å². The molecule has 1 atom stereocenters. The lowest BCUT2D eigenvalue weighted by molar-refractivity contribution is -0.122. The summed E-state index contributed by atoms with van der Waals surface area (Å²) in [4.78, 5) is 12.9. The molecule has 6 nitrogen and oxygen atoms in total. The molecule has 164 valence electrons. The van der Waals surface area contributed by atoms with E-state index in [1.807, 2.05) is 51.1 Å². The number of ether oxygens (including phenoxy) is 1. The standard InChI is InChI=1S/C23H32N2O4S/c1-6-22(25(30(5,27)28)20-14-17(2)13-18(3)15-20)23(26)24-12-8-10-19-9-7-11-21(16-19)29-4/h7,9,11,13-16,22H,6,8,10,12H2,1-5H3,(H,24,26). The quantitative estimate of drug-likeness (QED) is 0.582. The predicted molar refractivity (Wildman–Crippen MR) is 122 cm³/mol. The van der Waals surface area contributed by atoms with Crippen molar-refractivity contribution in [3.8, 4) is 5.75 Å². The molecule has 2 aromatic rings. The van der Waals surface area contributed by atoms with Gasteiger partial charge in [-0.25, -0.2) is 8.42 Å². The largest absolute Gasteiger partial charge is 0.497 e. The zero-order valence-electron chi connectivity index (χ0n) is 18.4. The highest BCUT2D eigenvalue weighted by molar-refractivity contribution is 7.92. The van der Waals surface area contributed by atoms with Gasteiger partial charge in [-0.1, -0.05) is 25.1 Å². The summed E-state index contributed by atoms with van der Waals surface area (Å²) in [6, 6.07) is 12.6. The van der Waals surface area contributed by atoms with Crippen LogP contribution in [0.2, 0.25) is 0 Å². The molecule has 2 aromatic carbocycles. The number of aryl methyl sites for hydroxylation is 3. The van der Waals surface area contributed by atoms with Gasteiger partial charge in [0.25, 0.3) is 0 Å². The van der Waals surface area contributed by atoms with Gasteiger partial charge in [0, 0.05) is 6.54 Å². The van der Waals surface area contributed by atoms with E-state index in [1.54, 1.807) is 19.2 Å². The number of amides is 1.